The molecule has 2 rings (SSSR count). The van der Waals surface area contributed by atoms with Gasteiger partial charge in [0.05, 0.1) is 6.61 Å². The Morgan fingerprint density at radius 2 is 2.12 bits per heavy atom. The lowest BCUT2D eigenvalue weighted by molar-refractivity contribution is 0.218. The monoisotopic (exact) mass is 219 g/mol. The molecule has 0 radical (unpaired) electrons. The topological polar surface area (TPSA) is 21.3 Å². The summed E-state index contributed by atoms with van der Waals surface area (Å²) in [5, 5.41) is 3.41. The van der Waals surface area contributed by atoms with Crippen LogP contribution in [0.1, 0.15) is 25.3 Å². The summed E-state index contributed by atoms with van der Waals surface area (Å²) in [5.41, 5.74) is 1.37. The van der Waals surface area contributed by atoms with E-state index in [9.17, 15) is 0 Å². The van der Waals surface area contributed by atoms with Crippen LogP contribution in [0.15, 0.2) is 24.3 Å². The predicted molar refractivity (Wildman–Crippen MR) is 66.9 cm³/mol. The van der Waals surface area contributed by atoms with Crippen LogP contribution >= 0.6 is 0 Å². The van der Waals surface area contributed by atoms with E-state index in [0.717, 1.165) is 25.3 Å². The Kier molecular flexibility index (Phi) is 4.23. The van der Waals surface area contributed by atoms with Gasteiger partial charge in [-0.2, -0.15) is 0 Å². The van der Waals surface area contributed by atoms with Crippen molar-refractivity contribution in [2.75, 3.05) is 19.7 Å². The van der Waals surface area contributed by atoms with Gasteiger partial charge in [0, 0.05) is 12.5 Å². The van der Waals surface area contributed by atoms with Gasteiger partial charge in [-0.1, -0.05) is 19.1 Å². The molecule has 0 spiro atoms. The average Bonchev–Trinajstić information content (AvgIpc) is 2.38. The zero-order valence-electron chi connectivity index (χ0n) is 10.0. The third kappa shape index (κ3) is 3.24. The molecule has 0 saturated carbocycles. The van der Waals surface area contributed by atoms with Crippen LogP contribution in [-0.2, 0) is 6.42 Å². The van der Waals surface area contributed by atoms with Crippen molar-refractivity contribution in [1.82, 2.24) is 5.32 Å². The molecular weight excluding hydrogens is 198 g/mol. The number of hydrogen-bond acceptors (Lipinski definition) is 2. The van der Waals surface area contributed by atoms with Crippen molar-refractivity contribution in [3.05, 3.63) is 29.8 Å². The zero-order valence-corrected chi connectivity index (χ0v) is 10.0. The van der Waals surface area contributed by atoms with E-state index in [0.29, 0.717) is 5.92 Å². The smallest absolute Gasteiger partial charge is 0.119 e. The predicted octanol–water partition coefficient (Wildman–Crippen LogP) is 2.63. The van der Waals surface area contributed by atoms with Crippen LogP contribution in [0.4, 0.5) is 0 Å². The molecule has 1 fully saturated rings. The summed E-state index contributed by atoms with van der Waals surface area (Å²) in [7, 11) is 0. The van der Waals surface area contributed by atoms with E-state index in [4.69, 9.17) is 4.74 Å². The summed E-state index contributed by atoms with van der Waals surface area (Å²) in [6.07, 6.45) is 3.66. The molecule has 1 N–H and O–H groups in total. The second-order valence-electron chi connectivity index (χ2n) is 4.52. The third-order valence-corrected chi connectivity index (χ3v) is 3.22. The van der Waals surface area contributed by atoms with E-state index in [2.05, 4.69) is 36.5 Å². The molecule has 0 aliphatic carbocycles. The first-order chi connectivity index (χ1) is 7.88. The summed E-state index contributed by atoms with van der Waals surface area (Å²) in [6, 6.07) is 8.45. The van der Waals surface area contributed by atoms with E-state index >= 15 is 0 Å². The number of ether oxygens (including phenoxy) is 1. The van der Waals surface area contributed by atoms with Crippen molar-refractivity contribution in [2.45, 2.75) is 26.2 Å². The van der Waals surface area contributed by atoms with E-state index < -0.39 is 0 Å². The quantitative estimate of drug-likeness (QED) is 0.840. The lowest BCUT2D eigenvalue weighted by atomic mass is 10.0. The first kappa shape index (κ1) is 11.5. The molecule has 0 aromatic heterocycles. The van der Waals surface area contributed by atoms with Gasteiger partial charge in [-0.25, -0.2) is 0 Å². The molecule has 1 saturated heterocycles. The molecule has 2 heteroatoms. The SMILES string of the molecule is CCc1ccc(OCC2CCCNC2)cc1. The third-order valence-electron chi connectivity index (χ3n) is 3.22. The molecule has 1 aromatic rings. The number of aryl methyl sites for hydroxylation is 1. The summed E-state index contributed by atoms with van der Waals surface area (Å²) in [4.78, 5) is 0. The molecule has 1 heterocycles. The molecule has 0 bridgehead atoms. The molecular formula is C14H21NO. The first-order valence-electron chi connectivity index (χ1n) is 6.31. The summed E-state index contributed by atoms with van der Waals surface area (Å²) >= 11 is 0. The van der Waals surface area contributed by atoms with Crippen LogP contribution in [0.25, 0.3) is 0 Å². The van der Waals surface area contributed by atoms with Gasteiger partial charge in [0.1, 0.15) is 5.75 Å². The highest BCUT2D eigenvalue weighted by Crippen LogP contribution is 2.16. The Labute approximate surface area is 98.0 Å². The van der Waals surface area contributed by atoms with Crippen LogP contribution in [0.3, 0.4) is 0 Å². The maximum atomic E-state index is 5.80. The maximum Gasteiger partial charge on any atom is 0.119 e. The van der Waals surface area contributed by atoms with Crippen LogP contribution in [0.2, 0.25) is 0 Å². The molecule has 1 unspecified atom stereocenters. The molecule has 0 amide bonds. The minimum atomic E-state index is 0.680. The molecule has 2 nitrogen and oxygen atoms in total. The Balaban J connectivity index is 1.79. The number of hydrogen-bond donors (Lipinski definition) is 1. The van der Waals surface area contributed by atoms with Crippen molar-refractivity contribution in [3.8, 4) is 5.75 Å². The number of nitrogens with one attached hydrogen (secondary N) is 1. The van der Waals surface area contributed by atoms with Gasteiger partial charge in [0.2, 0.25) is 0 Å². The highest BCUT2D eigenvalue weighted by molar-refractivity contribution is 5.27. The Hall–Kier alpha value is -1.02. The van der Waals surface area contributed by atoms with Crippen LogP contribution in [-0.4, -0.2) is 19.7 Å². The van der Waals surface area contributed by atoms with Gasteiger partial charge in [0.25, 0.3) is 0 Å². The number of piperidine rings is 1. The fraction of sp³-hybridized carbons (Fsp3) is 0.571. The van der Waals surface area contributed by atoms with E-state index in [1.807, 2.05) is 0 Å². The van der Waals surface area contributed by atoms with E-state index in [1.165, 1.54) is 24.9 Å². The molecule has 1 aliphatic heterocycles. The molecule has 88 valence electrons. The van der Waals surface area contributed by atoms with E-state index in [-0.39, 0.29) is 0 Å². The fourth-order valence-corrected chi connectivity index (χ4v) is 2.10. The second kappa shape index (κ2) is 5.90. The summed E-state index contributed by atoms with van der Waals surface area (Å²) in [6.45, 7) is 5.29. The van der Waals surface area contributed by atoms with Crippen molar-refractivity contribution in [2.24, 2.45) is 5.92 Å². The Morgan fingerprint density at radius 3 is 2.75 bits per heavy atom. The van der Waals surface area contributed by atoms with Crippen LogP contribution in [0, 0.1) is 5.92 Å². The molecule has 16 heavy (non-hydrogen) atoms. The van der Waals surface area contributed by atoms with E-state index in [1.54, 1.807) is 0 Å². The minimum absolute atomic E-state index is 0.680. The van der Waals surface area contributed by atoms with Crippen molar-refractivity contribution < 1.29 is 4.74 Å². The lowest BCUT2D eigenvalue weighted by Gasteiger charge is -2.22. The molecule has 1 aromatic carbocycles. The van der Waals surface area contributed by atoms with Crippen molar-refractivity contribution in [1.29, 1.82) is 0 Å². The zero-order chi connectivity index (χ0) is 11.2. The molecule has 1 aliphatic rings. The standard InChI is InChI=1S/C14H21NO/c1-2-12-5-7-14(8-6-12)16-11-13-4-3-9-15-10-13/h5-8,13,15H,2-4,9-11H2,1H3. The number of rotatable bonds is 4. The fourth-order valence-electron chi connectivity index (χ4n) is 2.10. The van der Waals surface area contributed by atoms with Gasteiger partial charge >= 0.3 is 0 Å². The summed E-state index contributed by atoms with van der Waals surface area (Å²) < 4.78 is 5.80. The van der Waals surface area contributed by atoms with Crippen molar-refractivity contribution >= 4 is 0 Å². The normalized spacial score (nSPS) is 20.7. The maximum absolute atomic E-state index is 5.80. The molecule has 1 atom stereocenters. The second-order valence-corrected chi connectivity index (χ2v) is 4.52. The van der Waals surface area contributed by atoms with Gasteiger partial charge in [-0.05, 0) is 43.5 Å². The van der Waals surface area contributed by atoms with Gasteiger partial charge in [-0.15, -0.1) is 0 Å². The Morgan fingerprint density at radius 1 is 1.31 bits per heavy atom. The summed E-state index contributed by atoms with van der Waals surface area (Å²) in [5.74, 6) is 1.68. The van der Waals surface area contributed by atoms with Gasteiger partial charge in [0.15, 0.2) is 0 Å². The highest BCUT2D eigenvalue weighted by atomic mass is 16.5. The van der Waals surface area contributed by atoms with Gasteiger partial charge in [-0.3, -0.25) is 0 Å². The van der Waals surface area contributed by atoms with Crippen LogP contribution < -0.4 is 10.1 Å². The highest BCUT2D eigenvalue weighted by Gasteiger charge is 2.13. The minimum Gasteiger partial charge on any atom is -0.493 e. The largest absolute Gasteiger partial charge is 0.493 e. The number of benzene rings is 1. The van der Waals surface area contributed by atoms with Crippen LogP contribution in [0.5, 0.6) is 5.75 Å². The lowest BCUT2D eigenvalue weighted by Crippen LogP contribution is -2.33. The van der Waals surface area contributed by atoms with Gasteiger partial charge < -0.3 is 10.1 Å². The first-order valence-corrected chi connectivity index (χ1v) is 6.31. The Bertz CT molecular complexity index is 301. The van der Waals surface area contributed by atoms with Crippen molar-refractivity contribution in [3.63, 3.8) is 0 Å². The average molecular weight is 219 g/mol.